The zero-order valence-electron chi connectivity index (χ0n) is 14.0. The van der Waals surface area contributed by atoms with Crippen molar-refractivity contribution in [3.05, 3.63) is 59.9 Å². The van der Waals surface area contributed by atoms with Crippen molar-refractivity contribution in [1.82, 2.24) is 9.88 Å². The molecule has 25 heavy (non-hydrogen) atoms. The van der Waals surface area contributed by atoms with E-state index in [1.807, 2.05) is 23.1 Å². The minimum absolute atomic E-state index is 0.0761. The largest absolute Gasteiger partial charge is 0.367 e. The van der Waals surface area contributed by atoms with Crippen molar-refractivity contribution >= 4 is 11.6 Å². The van der Waals surface area contributed by atoms with Crippen LogP contribution in [0.15, 0.2) is 42.6 Å². The zero-order chi connectivity index (χ0) is 17.6. The third-order valence-electron chi connectivity index (χ3n) is 4.44. The number of anilines is 1. The molecule has 3 rings (SSSR count). The van der Waals surface area contributed by atoms with Crippen molar-refractivity contribution in [2.75, 3.05) is 31.1 Å². The molecule has 0 unspecified atom stereocenters. The van der Waals surface area contributed by atoms with E-state index in [2.05, 4.69) is 4.98 Å². The van der Waals surface area contributed by atoms with E-state index in [4.69, 9.17) is 0 Å². The zero-order valence-corrected chi connectivity index (χ0v) is 14.0. The molecule has 1 aliphatic heterocycles. The van der Waals surface area contributed by atoms with Crippen molar-refractivity contribution in [2.24, 2.45) is 0 Å². The van der Waals surface area contributed by atoms with Gasteiger partial charge in [0.1, 0.15) is 0 Å². The maximum atomic E-state index is 14.0. The summed E-state index contributed by atoms with van der Waals surface area (Å²) in [7, 11) is 0. The predicted octanol–water partition coefficient (Wildman–Crippen LogP) is 3.03. The summed E-state index contributed by atoms with van der Waals surface area (Å²) in [5.74, 6) is -1.59. The number of nitrogens with zero attached hydrogens (tertiary/aromatic N) is 3. The van der Waals surface area contributed by atoms with Gasteiger partial charge in [0.15, 0.2) is 11.6 Å². The Morgan fingerprint density at radius 3 is 2.72 bits per heavy atom. The molecule has 0 aliphatic carbocycles. The Morgan fingerprint density at radius 2 is 1.92 bits per heavy atom. The van der Waals surface area contributed by atoms with Gasteiger partial charge in [-0.3, -0.25) is 9.78 Å². The first kappa shape index (κ1) is 17.3. The molecule has 0 bridgehead atoms. The highest BCUT2D eigenvalue weighted by Gasteiger charge is 2.21. The summed E-state index contributed by atoms with van der Waals surface area (Å²) in [5.41, 5.74) is 1.16. The van der Waals surface area contributed by atoms with Gasteiger partial charge in [-0.05, 0) is 37.1 Å². The summed E-state index contributed by atoms with van der Waals surface area (Å²) in [6.45, 7) is 2.24. The fourth-order valence-electron chi connectivity index (χ4n) is 3.08. The van der Waals surface area contributed by atoms with E-state index in [1.54, 1.807) is 17.2 Å². The van der Waals surface area contributed by atoms with E-state index in [0.29, 0.717) is 39.0 Å². The smallest absolute Gasteiger partial charge is 0.223 e. The van der Waals surface area contributed by atoms with E-state index in [0.717, 1.165) is 18.2 Å². The first-order valence-corrected chi connectivity index (χ1v) is 8.52. The summed E-state index contributed by atoms with van der Waals surface area (Å²) in [6.07, 6.45) is 3.46. The van der Waals surface area contributed by atoms with Crippen LogP contribution in [0.25, 0.3) is 0 Å². The molecule has 0 saturated carbocycles. The molecular formula is C19H21F2N3O. The summed E-state index contributed by atoms with van der Waals surface area (Å²) >= 11 is 0. The Hall–Kier alpha value is -2.50. The Bertz CT molecular complexity index is 724. The van der Waals surface area contributed by atoms with Gasteiger partial charge in [0.25, 0.3) is 0 Å². The van der Waals surface area contributed by atoms with E-state index in [1.165, 1.54) is 6.07 Å². The van der Waals surface area contributed by atoms with Gasteiger partial charge in [0.05, 0.1) is 5.69 Å². The number of aryl methyl sites for hydroxylation is 1. The topological polar surface area (TPSA) is 36.4 Å². The number of amides is 1. The fraction of sp³-hybridized carbons (Fsp3) is 0.368. The monoisotopic (exact) mass is 345 g/mol. The molecule has 6 heteroatoms. The SMILES string of the molecule is O=C(CCc1ccccn1)N1CCCN(c2cccc(F)c2F)CC1. The third-order valence-corrected chi connectivity index (χ3v) is 4.44. The maximum Gasteiger partial charge on any atom is 0.223 e. The van der Waals surface area contributed by atoms with Gasteiger partial charge in [-0.25, -0.2) is 8.78 Å². The van der Waals surface area contributed by atoms with Gasteiger partial charge < -0.3 is 9.80 Å². The summed E-state index contributed by atoms with van der Waals surface area (Å²) < 4.78 is 27.4. The van der Waals surface area contributed by atoms with Crippen LogP contribution in [0.1, 0.15) is 18.5 Å². The molecule has 1 aromatic heterocycles. The number of pyridine rings is 1. The van der Waals surface area contributed by atoms with Crippen LogP contribution in [0, 0.1) is 11.6 Å². The predicted molar refractivity (Wildman–Crippen MR) is 92.3 cm³/mol. The maximum absolute atomic E-state index is 14.0. The second kappa shape index (κ2) is 8.05. The quantitative estimate of drug-likeness (QED) is 0.855. The highest BCUT2D eigenvalue weighted by Crippen LogP contribution is 2.22. The number of hydrogen-bond acceptors (Lipinski definition) is 3. The number of rotatable bonds is 4. The van der Waals surface area contributed by atoms with E-state index < -0.39 is 11.6 Å². The van der Waals surface area contributed by atoms with E-state index in [-0.39, 0.29) is 11.6 Å². The molecular weight excluding hydrogens is 324 g/mol. The normalized spacial score (nSPS) is 15.1. The van der Waals surface area contributed by atoms with Crippen LogP contribution in [0.2, 0.25) is 0 Å². The molecule has 2 aromatic rings. The summed E-state index contributed by atoms with van der Waals surface area (Å²) in [4.78, 5) is 20.3. The van der Waals surface area contributed by atoms with Crippen molar-refractivity contribution in [1.29, 1.82) is 0 Å². The van der Waals surface area contributed by atoms with Crippen molar-refractivity contribution in [2.45, 2.75) is 19.3 Å². The van der Waals surface area contributed by atoms with Crippen LogP contribution in [0.3, 0.4) is 0 Å². The number of carbonyl (C=O) groups is 1. The lowest BCUT2D eigenvalue weighted by Crippen LogP contribution is -2.35. The average Bonchev–Trinajstić information content (AvgIpc) is 2.89. The molecule has 0 N–H and O–H groups in total. The summed E-state index contributed by atoms with van der Waals surface area (Å²) in [6, 6.07) is 9.87. The van der Waals surface area contributed by atoms with Crippen LogP contribution in [0.5, 0.6) is 0 Å². The molecule has 1 saturated heterocycles. The molecule has 1 aliphatic rings. The Labute approximate surface area is 146 Å². The lowest BCUT2D eigenvalue weighted by Gasteiger charge is -2.24. The standard InChI is InChI=1S/C19H21F2N3O/c20-16-6-3-7-17(19(16)21)23-11-4-12-24(14-13-23)18(25)9-8-15-5-1-2-10-22-15/h1-3,5-7,10H,4,8-9,11-14H2. The lowest BCUT2D eigenvalue weighted by molar-refractivity contribution is -0.130. The minimum Gasteiger partial charge on any atom is -0.367 e. The van der Waals surface area contributed by atoms with Gasteiger partial charge >= 0.3 is 0 Å². The number of hydrogen-bond donors (Lipinski definition) is 0. The third kappa shape index (κ3) is 4.32. The van der Waals surface area contributed by atoms with E-state index >= 15 is 0 Å². The molecule has 0 atom stereocenters. The Kier molecular flexibility index (Phi) is 5.58. The molecule has 0 spiro atoms. The lowest BCUT2D eigenvalue weighted by atomic mass is 10.2. The molecule has 1 aromatic carbocycles. The molecule has 0 radical (unpaired) electrons. The van der Waals surface area contributed by atoms with Crippen LogP contribution < -0.4 is 4.90 Å². The van der Waals surface area contributed by atoms with Gasteiger partial charge in [0.2, 0.25) is 5.91 Å². The number of carbonyl (C=O) groups excluding carboxylic acids is 1. The first-order valence-electron chi connectivity index (χ1n) is 8.52. The number of benzene rings is 1. The Balaban J connectivity index is 1.57. The minimum atomic E-state index is -0.843. The van der Waals surface area contributed by atoms with Gasteiger partial charge in [-0.15, -0.1) is 0 Å². The summed E-state index contributed by atoms with van der Waals surface area (Å²) in [5, 5.41) is 0. The van der Waals surface area contributed by atoms with Crippen LogP contribution in [-0.4, -0.2) is 42.0 Å². The van der Waals surface area contributed by atoms with Crippen molar-refractivity contribution < 1.29 is 13.6 Å². The van der Waals surface area contributed by atoms with Gasteiger partial charge in [0, 0.05) is 44.5 Å². The number of aromatic nitrogens is 1. The van der Waals surface area contributed by atoms with Crippen molar-refractivity contribution in [3.8, 4) is 0 Å². The van der Waals surface area contributed by atoms with Gasteiger partial charge in [-0.1, -0.05) is 12.1 Å². The van der Waals surface area contributed by atoms with Crippen molar-refractivity contribution in [3.63, 3.8) is 0 Å². The molecule has 1 amide bonds. The second-order valence-corrected chi connectivity index (χ2v) is 6.12. The second-order valence-electron chi connectivity index (χ2n) is 6.12. The highest BCUT2D eigenvalue weighted by molar-refractivity contribution is 5.76. The molecule has 4 nitrogen and oxygen atoms in total. The average molecular weight is 345 g/mol. The van der Waals surface area contributed by atoms with Gasteiger partial charge in [-0.2, -0.15) is 0 Å². The Morgan fingerprint density at radius 1 is 1.04 bits per heavy atom. The van der Waals surface area contributed by atoms with Crippen LogP contribution in [0.4, 0.5) is 14.5 Å². The molecule has 132 valence electrons. The van der Waals surface area contributed by atoms with Crippen LogP contribution >= 0.6 is 0 Å². The molecule has 2 heterocycles. The first-order chi connectivity index (χ1) is 12.1. The number of halogens is 2. The van der Waals surface area contributed by atoms with Crippen LogP contribution in [-0.2, 0) is 11.2 Å². The fourth-order valence-corrected chi connectivity index (χ4v) is 3.08. The molecule has 1 fully saturated rings. The highest BCUT2D eigenvalue weighted by atomic mass is 19.2. The van der Waals surface area contributed by atoms with E-state index in [9.17, 15) is 13.6 Å².